The van der Waals surface area contributed by atoms with Gasteiger partial charge in [-0.25, -0.2) is 0 Å². The van der Waals surface area contributed by atoms with E-state index >= 15 is 0 Å². The molecular formula is C59H98O6. The third kappa shape index (κ3) is 51.2. The topological polar surface area (TPSA) is 78.9 Å². The van der Waals surface area contributed by atoms with Crippen molar-refractivity contribution in [1.29, 1.82) is 0 Å². The highest BCUT2D eigenvalue weighted by Gasteiger charge is 2.19. The number of carbonyl (C=O) groups excluding carboxylic acids is 3. The Labute approximate surface area is 400 Å². The van der Waals surface area contributed by atoms with Crippen LogP contribution < -0.4 is 0 Å². The smallest absolute Gasteiger partial charge is 0.306 e. The van der Waals surface area contributed by atoms with Gasteiger partial charge in [0.2, 0.25) is 0 Å². The first kappa shape index (κ1) is 61.3. The second-order valence-corrected chi connectivity index (χ2v) is 17.5. The van der Waals surface area contributed by atoms with Crippen molar-refractivity contribution in [2.45, 2.75) is 245 Å². The summed E-state index contributed by atoms with van der Waals surface area (Å²) >= 11 is 0. The number of esters is 3. The molecule has 6 nitrogen and oxygen atoms in total. The highest BCUT2D eigenvalue weighted by Crippen LogP contribution is 2.14. The zero-order valence-electron chi connectivity index (χ0n) is 42.2. The maximum absolute atomic E-state index is 12.8. The van der Waals surface area contributed by atoms with E-state index in [0.29, 0.717) is 19.3 Å². The molecule has 0 aliphatic heterocycles. The van der Waals surface area contributed by atoms with Gasteiger partial charge in [0.1, 0.15) is 13.2 Å². The largest absolute Gasteiger partial charge is 0.462 e. The van der Waals surface area contributed by atoms with E-state index in [9.17, 15) is 14.4 Å². The first-order valence-corrected chi connectivity index (χ1v) is 26.8. The van der Waals surface area contributed by atoms with E-state index in [-0.39, 0.29) is 37.5 Å². The Balaban J connectivity index is 4.50. The first-order valence-electron chi connectivity index (χ1n) is 26.8. The molecule has 6 heteroatoms. The predicted molar refractivity (Wildman–Crippen MR) is 279 cm³/mol. The van der Waals surface area contributed by atoms with Crippen LogP contribution >= 0.6 is 0 Å². The Kier molecular flexibility index (Phi) is 50.0. The van der Waals surface area contributed by atoms with E-state index in [0.717, 1.165) is 89.9 Å². The van der Waals surface area contributed by atoms with E-state index in [1.165, 1.54) is 103 Å². The minimum absolute atomic E-state index is 0.108. The molecule has 370 valence electrons. The number of ether oxygens (including phenoxy) is 3. The summed E-state index contributed by atoms with van der Waals surface area (Å²) in [6.45, 7) is 6.40. The monoisotopic (exact) mass is 903 g/mol. The van der Waals surface area contributed by atoms with Gasteiger partial charge in [0.25, 0.3) is 0 Å². The summed E-state index contributed by atoms with van der Waals surface area (Å²) in [7, 11) is 0. The van der Waals surface area contributed by atoms with Crippen molar-refractivity contribution in [2.24, 2.45) is 0 Å². The highest BCUT2D eigenvalue weighted by molar-refractivity contribution is 5.71. The average molecular weight is 903 g/mol. The molecule has 0 radical (unpaired) electrons. The summed E-state index contributed by atoms with van der Waals surface area (Å²) in [5, 5.41) is 0. The van der Waals surface area contributed by atoms with Crippen LogP contribution in [0.15, 0.2) is 97.2 Å². The highest BCUT2D eigenvalue weighted by atomic mass is 16.6. The Bertz CT molecular complexity index is 1310. The zero-order valence-corrected chi connectivity index (χ0v) is 42.2. The average Bonchev–Trinajstić information content (AvgIpc) is 3.30. The molecular weight excluding hydrogens is 805 g/mol. The van der Waals surface area contributed by atoms with E-state index in [1.807, 2.05) is 0 Å². The van der Waals surface area contributed by atoms with Crippen LogP contribution in [0.25, 0.3) is 0 Å². The van der Waals surface area contributed by atoms with E-state index in [1.54, 1.807) is 0 Å². The van der Waals surface area contributed by atoms with Crippen LogP contribution in [0, 0.1) is 0 Å². The molecule has 0 rings (SSSR count). The van der Waals surface area contributed by atoms with Crippen molar-refractivity contribution in [1.82, 2.24) is 0 Å². The van der Waals surface area contributed by atoms with Gasteiger partial charge in [-0.15, -0.1) is 0 Å². The van der Waals surface area contributed by atoms with Crippen molar-refractivity contribution in [3.63, 3.8) is 0 Å². The van der Waals surface area contributed by atoms with E-state index in [4.69, 9.17) is 14.2 Å². The standard InChI is InChI=1S/C59H98O6/c1-4-7-10-13-16-19-22-25-27-29-31-34-37-40-43-46-49-52-58(61)64-55-56(54-63-57(60)51-48-45-42-39-36-33-24-21-18-15-12-9-6-3)65-59(62)53-50-47-44-41-38-35-32-30-28-26-23-20-17-14-11-8-5-2/h9,12,15-16,18-19,21,24-28,31,34,40,43,56H,4-8,10-11,13-14,17,20,22-23,29-30,32-33,35-39,41-42,44-55H2,1-3H3/b12-9+,18-15+,19-16+,24-21+,27-25+,28-26+,34-31+,43-40+. The van der Waals surface area contributed by atoms with E-state index < -0.39 is 6.10 Å². The van der Waals surface area contributed by atoms with Gasteiger partial charge < -0.3 is 14.2 Å². The first-order chi connectivity index (χ1) is 32.0. The van der Waals surface area contributed by atoms with Gasteiger partial charge in [0.05, 0.1) is 0 Å². The van der Waals surface area contributed by atoms with Crippen LogP contribution in [0.5, 0.6) is 0 Å². The summed E-state index contributed by atoms with van der Waals surface area (Å²) in [6.07, 6.45) is 69.7. The van der Waals surface area contributed by atoms with Crippen LogP contribution in [0.2, 0.25) is 0 Å². The van der Waals surface area contributed by atoms with Gasteiger partial charge in [-0.05, 0) is 103 Å². The molecule has 0 heterocycles. The lowest BCUT2D eigenvalue weighted by atomic mass is 10.1. The molecule has 0 N–H and O–H groups in total. The molecule has 0 fully saturated rings. The van der Waals surface area contributed by atoms with Crippen molar-refractivity contribution >= 4 is 17.9 Å². The SMILES string of the molecule is CC/C=C/C=C/C=C/CCCCCCCC(=O)OCC(COC(=O)CCC/C=C/C/C=C/C/C=C/C/C=C/CCCCC)OC(=O)CCCCCCCCC/C=C/CCCCCCCC. The maximum Gasteiger partial charge on any atom is 0.306 e. The van der Waals surface area contributed by atoms with Crippen LogP contribution in [-0.4, -0.2) is 37.2 Å². The van der Waals surface area contributed by atoms with Gasteiger partial charge in [-0.1, -0.05) is 214 Å². The molecule has 1 atom stereocenters. The van der Waals surface area contributed by atoms with Crippen LogP contribution in [0.4, 0.5) is 0 Å². The quantitative estimate of drug-likeness (QED) is 0.0199. The number of unbranched alkanes of at least 4 members (excludes halogenated alkanes) is 22. The second kappa shape index (κ2) is 52.9. The van der Waals surface area contributed by atoms with Gasteiger partial charge in [-0.3, -0.25) is 14.4 Å². The summed E-state index contributed by atoms with van der Waals surface area (Å²) in [6, 6.07) is 0. The molecule has 0 aromatic rings. The van der Waals surface area contributed by atoms with Gasteiger partial charge in [-0.2, -0.15) is 0 Å². The summed E-state index contributed by atoms with van der Waals surface area (Å²) in [5.74, 6) is -0.990. The van der Waals surface area contributed by atoms with Gasteiger partial charge in [0, 0.05) is 19.3 Å². The minimum atomic E-state index is -0.811. The molecule has 0 aromatic heterocycles. The molecule has 0 bridgehead atoms. The molecule has 0 saturated carbocycles. The molecule has 65 heavy (non-hydrogen) atoms. The molecule has 0 aliphatic rings. The molecule has 0 aromatic carbocycles. The summed E-state index contributed by atoms with van der Waals surface area (Å²) < 4.78 is 16.7. The molecule has 0 amide bonds. The van der Waals surface area contributed by atoms with Crippen LogP contribution in [0.3, 0.4) is 0 Å². The summed E-state index contributed by atoms with van der Waals surface area (Å²) in [5.41, 5.74) is 0. The van der Waals surface area contributed by atoms with Crippen LogP contribution in [0.1, 0.15) is 239 Å². The van der Waals surface area contributed by atoms with Crippen molar-refractivity contribution in [3.8, 4) is 0 Å². The van der Waals surface area contributed by atoms with Crippen molar-refractivity contribution in [3.05, 3.63) is 97.2 Å². The molecule has 0 aliphatic carbocycles. The maximum atomic E-state index is 12.8. The lowest BCUT2D eigenvalue weighted by Crippen LogP contribution is -2.30. The van der Waals surface area contributed by atoms with Gasteiger partial charge >= 0.3 is 17.9 Å². The number of hydrogen-bond acceptors (Lipinski definition) is 6. The number of carbonyl (C=O) groups is 3. The van der Waals surface area contributed by atoms with Crippen molar-refractivity contribution in [2.75, 3.05) is 13.2 Å². The zero-order chi connectivity index (χ0) is 47.2. The Hall–Kier alpha value is -3.67. The fourth-order valence-electron chi connectivity index (χ4n) is 7.08. The molecule has 0 saturated heterocycles. The third-order valence-electron chi connectivity index (χ3n) is 11.1. The van der Waals surface area contributed by atoms with Crippen LogP contribution in [-0.2, 0) is 28.6 Å². The lowest BCUT2D eigenvalue weighted by molar-refractivity contribution is -0.167. The summed E-state index contributed by atoms with van der Waals surface area (Å²) in [4.78, 5) is 38.0. The Morgan fingerprint density at radius 3 is 1.17 bits per heavy atom. The third-order valence-corrected chi connectivity index (χ3v) is 11.1. The lowest BCUT2D eigenvalue weighted by Gasteiger charge is -2.18. The van der Waals surface area contributed by atoms with Crippen molar-refractivity contribution < 1.29 is 28.6 Å². The number of rotatable bonds is 47. The second-order valence-electron chi connectivity index (χ2n) is 17.5. The van der Waals surface area contributed by atoms with Gasteiger partial charge in [0.15, 0.2) is 6.10 Å². The fraction of sp³-hybridized carbons (Fsp3) is 0.678. The number of hydrogen-bond donors (Lipinski definition) is 0. The molecule has 1 unspecified atom stereocenters. The predicted octanol–water partition coefficient (Wildman–Crippen LogP) is 17.8. The van der Waals surface area contributed by atoms with E-state index in [2.05, 4.69) is 118 Å². The number of allylic oxidation sites excluding steroid dienone is 16. The fourth-order valence-corrected chi connectivity index (χ4v) is 7.08. The minimum Gasteiger partial charge on any atom is -0.462 e. The Morgan fingerprint density at radius 1 is 0.338 bits per heavy atom. The molecule has 0 spiro atoms. The normalized spacial score (nSPS) is 12.8. The Morgan fingerprint density at radius 2 is 0.677 bits per heavy atom.